The number of aryl methyl sites for hydroxylation is 2. The van der Waals surface area contributed by atoms with Gasteiger partial charge in [0.25, 0.3) is 0 Å². The van der Waals surface area contributed by atoms with E-state index in [9.17, 15) is 0 Å². The SMILES string of the molecule is Cc1cc(C#N)cnc1N(Cc1cncn1C)C1CC1. The van der Waals surface area contributed by atoms with Gasteiger partial charge in [0.1, 0.15) is 11.9 Å². The van der Waals surface area contributed by atoms with Gasteiger partial charge in [-0.1, -0.05) is 0 Å². The highest BCUT2D eigenvalue weighted by atomic mass is 15.2. The molecule has 0 unspecified atom stereocenters. The van der Waals surface area contributed by atoms with Gasteiger partial charge in [0, 0.05) is 25.5 Å². The lowest BCUT2D eigenvalue weighted by Gasteiger charge is -2.25. The fourth-order valence-corrected chi connectivity index (χ4v) is 2.40. The van der Waals surface area contributed by atoms with Crippen molar-refractivity contribution < 1.29 is 0 Å². The zero-order chi connectivity index (χ0) is 14.1. The molecule has 2 heterocycles. The van der Waals surface area contributed by atoms with E-state index < -0.39 is 0 Å². The van der Waals surface area contributed by atoms with Gasteiger partial charge in [0.2, 0.25) is 0 Å². The first kappa shape index (κ1) is 12.7. The van der Waals surface area contributed by atoms with Crippen LogP contribution in [0.3, 0.4) is 0 Å². The predicted molar refractivity (Wildman–Crippen MR) is 76.1 cm³/mol. The molecule has 5 heteroatoms. The summed E-state index contributed by atoms with van der Waals surface area (Å²) in [6.07, 6.45) is 7.78. The lowest BCUT2D eigenvalue weighted by Crippen LogP contribution is -2.27. The number of nitriles is 1. The van der Waals surface area contributed by atoms with Crippen LogP contribution in [0.2, 0.25) is 0 Å². The maximum Gasteiger partial charge on any atom is 0.132 e. The van der Waals surface area contributed by atoms with Gasteiger partial charge >= 0.3 is 0 Å². The predicted octanol–water partition coefficient (Wildman–Crippen LogP) is 2.16. The lowest BCUT2D eigenvalue weighted by molar-refractivity contribution is 0.721. The Balaban J connectivity index is 1.91. The van der Waals surface area contributed by atoms with Crippen molar-refractivity contribution in [1.82, 2.24) is 14.5 Å². The summed E-state index contributed by atoms with van der Waals surface area (Å²) in [7, 11) is 2.01. The number of imidazole rings is 1. The van der Waals surface area contributed by atoms with E-state index in [2.05, 4.69) is 20.9 Å². The first-order valence-corrected chi connectivity index (χ1v) is 6.77. The van der Waals surface area contributed by atoms with Crippen LogP contribution in [0, 0.1) is 18.3 Å². The Morgan fingerprint density at radius 1 is 1.45 bits per heavy atom. The van der Waals surface area contributed by atoms with Crippen LogP contribution in [0.25, 0.3) is 0 Å². The highest BCUT2D eigenvalue weighted by molar-refractivity contribution is 5.51. The summed E-state index contributed by atoms with van der Waals surface area (Å²) in [6, 6.07) is 4.60. The first-order chi connectivity index (χ1) is 9.69. The summed E-state index contributed by atoms with van der Waals surface area (Å²) in [6.45, 7) is 2.82. The van der Waals surface area contributed by atoms with Gasteiger partial charge in [-0.05, 0) is 31.4 Å². The molecule has 1 aliphatic carbocycles. The Labute approximate surface area is 118 Å². The van der Waals surface area contributed by atoms with Crippen LogP contribution in [-0.2, 0) is 13.6 Å². The number of anilines is 1. The van der Waals surface area contributed by atoms with Crippen molar-refractivity contribution in [3.63, 3.8) is 0 Å². The molecule has 0 aromatic carbocycles. The zero-order valence-corrected chi connectivity index (χ0v) is 11.7. The van der Waals surface area contributed by atoms with Crippen LogP contribution in [0.5, 0.6) is 0 Å². The van der Waals surface area contributed by atoms with E-state index in [-0.39, 0.29) is 0 Å². The molecule has 0 radical (unpaired) electrons. The molecular formula is C15H17N5. The minimum absolute atomic E-state index is 0.559. The molecule has 0 aliphatic heterocycles. The number of aromatic nitrogens is 3. The third kappa shape index (κ3) is 2.37. The maximum atomic E-state index is 8.94. The minimum atomic E-state index is 0.559. The normalized spacial score (nSPS) is 14.1. The first-order valence-electron chi connectivity index (χ1n) is 6.77. The molecule has 0 saturated heterocycles. The summed E-state index contributed by atoms with van der Waals surface area (Å²) in [5.41, 5.74) is 2.84. The van der Waals surface area contributed by atoms with Crippen molar-refractivity contribution in [3.8, 4) is 6.07 Å². The summed E-state index contributed by atoms with van der Waals surface area (Å²) < 4.78 is 2.04. The third-order valence-electron chi connectivity index (χ3n) is 3.69. The topological polar surface area (TPSA) is 57.7 Å². The molecule has 0 atom stereocenters. The van der Waals surface area contributed by atoms with E-state index in [0.29, 0.717) is 11.6 Å². The molecule has 0 spiro atoms. The molecule has 1 saturated carbocycles. The zero-order valence-electron chi connectivity index (χ0n) is 11.7. The molecule has 1 fully saturated rings. The quantitative estimate of drug-likeness (QED) is 0.851. The van der Waals surface area contributed by atoms with Gasteiger partial charge < -0.3 is 9.47 Å². The monoisotopic (exact) mass is 267 g/mol. The minimum Gasteiger partial charge on any atom is -0.348 e. The van der Waals surface area contributed by atoms with E-state index in [4.69, 9.17) is 5.26 Å². The van der Waals surface area contributed by atoms with E-state index in [0.717, 1.165) is 17.9 Å². The van der Waals surface area contributed by atoms with Crippen LogP contribution in [-0.4, -0.2) is 20.6 Å². The Hall–Kier alpha value is -2.35. The van der Waals surface area contributed by atoms with Gasteiger partial charge in [-0.3, -0.25) is 0 Å². The number of pyridine rings is 1. The fourth-order valence-electron chi connectivity index (χ4n) is 2.40. The van der Waals surface area contributed by atoms with E-state index >= 15 is 0 Å². The van der Waals surface area contributed by atoms with Crippen molar-refractivity contribution in [3.05, 3.63) is 41.6 Å². The molecule has 0 N–H and O–H groups in total. The average molecular weight is 267 g/mol. The van der Waals surface area contributed by atoms with E-state index in [1.54, 1.807) is 6.20 Å². The van der Waals surface area contributed by atoms with Crippen LogP contribution in [0.4, 0.5) is 5.82 Å². The molecule has 20 heavy (non-hydrogen) atoms. The summed E-state index contributed by atoms with van der Waals surface area (Å²) in [5.74, 6) is 0.979. The summed E-state index contributed by atoms with van der Waals surface area (Å²) in [5, 5.41) is 8.94. The van der Waals surface area contributed by atoms with Crippen molar-refractivity contribution in [1.29, 1.82) is 5.26 Å². The molecule has 2 aromatic rings. The molecule has 5 nitrogen and oxygen atoms in total. The number of nitrogens with zero attached hydrogens (tertiary/aromatic N) is 5. The molecule has 0 amide bonds. The standard InChI is InChI=1S/C15H17N5/c1-11-5-12(6-16)7-18-15(11)20(13-3-4-13)9-14-8-17-10-19(14)2/h5,7-8,10,13H,3-4,9H2,1-2H3. The van der Waals surface area contributed by atoms with Crippen LogP contribution in [0.15, 0.2) is 24.8 Å². The molecule has 102 valence electrons. The Bertz CT molecular complexity index is 663. The van der Waals surface area contributed by atoms with E-state index in [1.807, 2.05) is 37.1 Å². The van der Waals surface area contributed by atoms with Gasteiger partial charge in [0.05, 0.1) is 24.1 Å². The van der Waals surface area contributed by atoms with Crippen molar-refractivity contribution in [2.75, 3.05) is 4.90 Å². The van der Waals surface area contributed by atoms with Crippen LogP contribution < -0.4 is 4.90 Å². The average Bonchev–Trinajstić information content (AvgIpc) is 3.21. The number of hydrogen-bond acceptors (Lipinski definition) is 4. The number of rotatable bonds is 4. The maximum absolute atomic E-state index is 8.94. The van der Waals surface area contributed by atoms with E-state index in [1.165, 1.54) is 18.5 Å². The summed E-state index contributed by atoms with van der Waals surface area (Å²) in [4.78, 5) is 11.0. The van der Waals surface area contributed by atoms with Gasteiger partial charge in [-0.15, -0.1) is 0 Å². The Morgan fingerprint density at radius 2 is 2.25 bits per heavy atom. The molecular weight excluding hydrogens is 250 g/mol. The van der Waals surface area contributed by atoms with Crippen LogP contribution in [0.1, 0.15) is 29.7 Å². The Kier molecular flexibility index (Phi) is 3.15. The summed E-state index contributed by atoms with van der Waals surface area (Å²) >= 11 is 0. The number of hydrogen-bond donors (Lipinski definition) is 0. The highest BCUT2D eigenvalue weighted by Crippen LogP contribution is 2.33. The lowest BCUT2D eigenvalue weighted by atomic mass is 10.2. The second-order valence-electron chi connectivity index (χ2n) is 5.33. The Morgan fingerprint density at radius 3 is 2.80 bits per heavy atom. The second-order valence-corrected chi connectivity index (χ2v) is 5.33. The van der Waals surface area contributed by atoms with Crippen LogP contribution >= 0.6 is 0 Å². The van der Waals surface area contributed by atoms with Crippen molar-refractivity contribution in [2.45, 2.75) is 32.4 Å². The van der Waals surface area contributed by atoms with Gasteiger partial charge in [-0.25, -0.2) is 9.97 Å². The second kappa shape index (κ2) is 4.97. The smallest absolute Gasteiger partial charge is 0.132 e. The van der Waals surface area contributed by atoms with Gasteiger partial charge in [-0.2, -0.15) is 5.26 Å². The van der Waals surface area contributed by atoms with Gasteiger partial charge in [0.15, 0.2) is 0 Å². The fraction of sp³-hybridized carbons (Fsp3) is 0.400. The highest BCUT2D eigenvalue weighted by Gasteiger charge is 2.31. The van der Waals surface area contributed by atoms with Crippen molar-refractivity contribution in [2.24, 2.45) is 7.05 Å². The largest absolute Gasteiger partial charge is 0.348 e. The molecule has 3 rings (SSSR count). The van der Waals surface area contributed by atoms with Crippen molar-refractivity contribution >= 4 is 5.82 Å². The molecule has 1 aliphatic rings. The third-order valence-corrected chi connectivity index (χ3v) is 3.69. The molecule has 0 bridgehead atoms. The molecule has 2 aromatic heterocycles.